The number of ether oxygens (including phenoxy) is 1. The summed E-state index contributed by atoms with van der Waals surface area (Å²) in [7, 11) is 0. The average Bonchev–Trinajstić information content (AvgIpc) is 2.15. The first-order valence-corrected chi connectivity index (χ1v) is 6.69. The summed E-state index contributed by atoms with van der Waals surface area (Å²) in [5.74, 6) is 3.45. The van der Waals surface area contributed by atoms with Crippen LogP contribution >= 0.6 is 0 Å². The van der Waals surface area contributed by atoms with Gasteiger partial charge >= 0.3 is 0 Å². The first-order chi connectivity index (χ1) is 7.05. The van der Waals surface area contributed by atoms with E-state index in [0.29, 0.717) is 5.60 Å². The summed E-state index contributed by atoms with van der Waals surface area (Å²) in [5, 5.41) is 0. The summed E-state index contributed by atoms with van der Waals surface area (Å²) in [6, 6.07) is 0. The molecule has 1 aliphatic carbocycles. The molecule has 0 aromatic carbocycles. The molecule has 1 unspecified atom stereocenters. The molecular formula is C14H26O. The van der Waals surface area contributed by atoms with Crippen molar-refractivity contribution in [3.05, 3.63) is 0 Å². The van der Waals surface area contributed by atoms with Crippen molar-refractivity contribution in [2.45, 2.75) is 59.0 Å². The topological polar surface area (TPSA) is 9.23 Å². The van der Waals surface area contributed by atoms with Gasteiger partial charge in [-0.2, -0.15) is 0 Å². The fraction of sp³-hybridized carbons (Fsp3) is 1.00. The molecule has 2 rings (SSSR count). The highest BCUT2D eigenvalue weighted by atomic mass is 16.5. The maximum Gasteiger partial charge on any atom is 0.0735 e. The molecule has 0 N–H and O–H groups in total. The van der Waals surface area contributed by atoms with Crippen LogP contribution in [0.1, 0.15) is 53.4 Å². The smallest absolute Gasteiger partial charge is 0.0735 e. The van der Waals surface area contributed by atoms with E-state index >= 15 is 0 Å². The molecule has 1 atom stereocenters. The Balaban J connectivity index is 1.92. The zero-order valence-electron chi connectivity index (χ0n) is 10.8. The van der Waals surface area contributed by atoms with Crippen LogP contribution in [-0.2, 0) is 4.74 Å². The van der Waals surface area contributed by atoms with Crippen LogP contribution in [0.25, 0.3) is 0 Å². The van der Waals surface area contributed by atoms with Gasteiger partial charge in [0.2, 0.25) is 0 Å². The van der Waals surface area contributed by atoms with E-state index < -0.39 is 0 Å². The Hall–Kier alpha value is -0.0400. The van der Waals surface area contributed by atoms with Crippen LogP contribution in [0, 0.1) is 23.7 Å². The number of hydrogen-bond acceptors (Lipinski definition) is 1. The molecule has 88 valence electrons. The zero-order valence-corrected chi connectivity index (χ0v) is 10.8. The van der Waals surface area contributed by atoms with Gasteiger partial charge in [0.1, 0.15) is 0 Å². The quantitative estimate of drug-likeness (QED) is 0.672. The third-order valence-electron chi connectivity index (χ3n) is 4.85. The van der Waals surface area contributed by atoms with Gasteiger partial charge in [-0.1, -0.05) is 27.7 Å². The van der Waals surface area contributed by atoms with E-state index in [2.05, 4.69) is 27.7 Å². The molecule has 1 heteroatoms. The van der Waals surface area contributed by atoms with Gasteiger partial charge in [-0.15, -0.1) is 0 Å². The van der Waals surface area contributed by atoms with Gasteiger partial charge in [0.15, 0.2) is 0 Å². The summed E-state index contributed by atoms with van der Waals surface area (Å²) >= 11 is 0. The summed E-state index contributed by atoms with van der Waals surface area (Å²) < 4.78 is 5.96. The lowest BCUT2D eigenvalue weighted by atomic mass is 9.64. The van der Waals surface area contributed by atoms with Crippen LogP contribution in [0.15, 0.2) is 0 Å². The van der Waals surface area contributed by atoms with Crippen molar-refractivity contribution in [2.24, 2.45) is 23.7 Å². The molecule has 2 aliphatic rings. The molecule has 1 nitrogen and oxygen atoms in total. The van der Waals surface area contributed by atoms with Crippen LogP contribution in [0.3, 0.4) is 0 Å². The standard InChI is InChI=1S/C14H26O/c1-10(2)12-5-7-14(8-6-12)13(9-15-14)11(3)4/h10-13H,5-9H2,1-4H3. The van der Waals surface area contributed by atoms with Crippen molar-refractivity contribution < 1.29 is 4.74 Å². The molecule has 1 spiro atoms. The van der Waals surface area contributed by atoms with Crippen molar-refractivity contribution in [1.29, 1.82) is 0 Å². The van der Waals surface area contributed by atoms with Crippen molar-refractivity contribution >= 4 is 0 Å². The molecule has 1 saturated carbocycles. The van der Waals surface area contributed by atoms with E-state index in [1.54, 1.807) is 0 Å². The monoisotopic (exact) mass is 210 g/mol. The predicted molar refractivity (Wildman–Crippen MR) is 63.8 cm³/mol. The molecule has 0 aromatic heterocycles. The van der Waals surface area contributed by atoms with Gasteiger partial charge in [0, 0.05) is 5.92 Å². The van der Waals surface area contributed by atoms with Gasteiger partial charge in [0.05, 0.1) is 12.2 Å². The van der Waals surface area contributed by atoms with Crippen LogP contribution in [0.2, 0.25) is 0 Å². The molecule has 0 amide bonds. The van der Waals surface area contributed by atoms with E-state index in [1.165, 1.54) is 25.7 Å². The third kappa shape index (κ3) is 1.95. The van der Waals surface area contributed by atoms with E-state index in [4.69, 9.17) is 4.74 Å². The van der Waals surface area contributed by atoms with Gasteiger partial charge in [-0.05, 0) is 43.4 Å². The average molecular weight is 210 g/mol. The fourth-order valence-corrected chi connectivity index (χ4v) is 3.53. The van der Waals surface area contributed by atoms with Gasteiger partial charge in [-0.3, -0.25) is 0 Å². The van der Waals surface area contributed by atoms with Crippen molar-refractivity contribution in [3.63, 3.8) is 0 Å². The summed E-state index contributed by atoms with van der Waals surface area (Å²) in [4.78, 5) is 0. The highest BCUT2D eigenvalue weighted by molar-refractivity contribution is 5.00. The Morgan fingerprint density at radius 1 is 1.00 bits per heavy atom. The minimum Gasteiger partial charge on any atom is -0.374 e. The Bertz CT molecular complexity index is 211. The van der Waals surface area contributed by atoms with Crippen molar-refractivity contribution in [3.8, 4) is 0 Å². The second kappa shape index (κ2) is 4.08. The van der Waals surface area contributed by atoms with Crippen LogP contribution in [0.5, 0.6) is 0 Å². The van der Waals surface area contributed by atoms with Crippen molar-refractivity contribution in [2.75, 3.05) is 6.61 Å². The minimum atomic E-state index is 0.305. The van der Waals surface area contributed by atoms with Crippen molar-refractivity contribution in [1.82, 2.24) is 0 Å². The molecule has 1 aliphatic heterocycles. The van der Waals surface area contributed by atoms with E-state index in [9.17, 15) is 0 Å². The second-order valence-corrected chi connectivity index (χ2v) is 6.31. The van der Waals surface area contributed by atoms with E-state index in [-0.39, 0.29) is 0 Å². The van der Waals surface area contributed by atoms with Crippen LogP contribution < -0.4 is 0 Å². The van der Waals surface area contributed by atoms with Gasteiger partial charge < -0.3 is 4.74 Å². The first kappa shape index (κ1) is 11.4. The molecule has 0 radical (unpaired) electrons. The van der Waals surface area contributed by atoms with Gasteiger partial charge in [0.25, 0.3) is 0 Å². The van der Waals surface area contributed by atoms with E-state index in [1.807, 2.05) is 0 Å². The molecule has 2 fully saturated rings. The molecule has 0 aromatic rings. The summed E-state index contributed by atoms with van der Waals surface area (Å²) in [5.41, 5.74) is 0.305. The fourth-order valence-electron chi connectivity index (χ4n) is 3.53. The maximum atomic E-state index is 5.96. The normalized spacial score (nSPS) is 41.2. The zero-order chi connectivity index (χ0) is 11.1. The Kier molecular flexibility index (Phi) is 3.12. The molecule has 1 saturated heterocycles. The lowest BCUT2D eigenvalue weighted by molar-refractivity contribution is -0.237. The molecular weight excluding hydrogens is 184 g/mol. The van der Waals surface area contributed by atoms with Crippen LogP contribution in [-0.4, -0.2) is 12.2 Å². The Morgan fingerprint density at radius 3 is 1.93 bits per heavy atom. The Morgan fingerprint density at radius 2 is 1.60 bits per heavy atom. The SMILES string of the molecule is CC(C)C1CCC2(CC1)OCC2C(C)C. The number of hydrogen-bond donors (Lipinski definition) is 0. The summed E-state index contributed by atoms with van der Waals surface area (Å²) in [6.45, 7) is 10.4. The highest BCUT2D eigenvalue weighted by Crippen LogP contribution is 2.50. The predicted octanol–water partition coefficient (Wildman–Crippen LogP) is 3.87. The molecule has 1 heterocycles. The largest absolute Gasteiger partial charge is 0.374 e. The van der Waals surface area contributed by atoms with Gasteiger partial charge in [-0.25, -0.2) is 0 Å². The number of rotatable bonds is 2. The maximum absolute atomic E-state index is 5.96. The molecule has 15 heavy (non-hydrogen) atoms. The minimum absolute atomic E-state index is 0.305. The summed E-state index contributed by atoms with van der Waals surface area (Å²) in [6.07, 6.45) is 5.42. The highest BCUT2D eigenvalue weighted by Gasteiger charge is 2.50. The first-order valence-electron chi connectivity index (χ1n) is 6.69. The Labute approximate surface area is 94.6 Å². The molecule has 0 bridgehead atoms. The third-order valence-corrected chi connectivity index (χ3v) is 4.85. The lowest BCUT2D eigenvalue weighted by Crippen LogP contribution is -2.57. The lowest BCUT2D eigenvalue weighted by Gasteiger charge is -2.55. The second-order valence-electron chi connectivity index (χ2n) is 6.31. The van der Waals surface area contributed by atoms with Crippen LogP contribution in [0.4, 0.5) is 0 Å². The van der Waals surface area contributed by atoms with E-state index in [0.717, 1.165) is 30.3 Å².